The highest BCUT2D eigenvalue weighted by atomic mass is 79.9. The van der Waals surface area contributed by atoms with Gasteiger partial charge in [-0.15, -0.1) is 0 Å². The highest BCUT2D eigenvalue weighted by molar-refractivity contribution is 9.09. The molecule has 18 heavy (non-hydrogen) atoms. The number of methoxy groups -OCH3 is 1. The number of carbonyl (C=O) groups excluding carboxylic acids is 2. The summed E-state index contributed by atoms with van der Waals surface area (Å²) < 4.78 is 4.70. The minimum Gasteiger partial charge on any atom is -0.465 e. The Bertz CT molecular complexity index is 421. The number of rotatable bonds is 7. The number of benzene rings is 1. The molecule has 0 spiro atoms. The highest BCUT2D eigenvalue weighted by Crippen LogP contribution is 2.18. The summed E-state index contributed by atoms with van der Waals surface area (Å²) in [5.74, 6) is -0.443. The molecule has 1 aromatic rings. The fraction of sp³-hybridized carbons (Fsp3) is 0.385. The maximum Gasteiger partial charge on any atom is 0.339 e. The zero-order chi connectivity index (χ0) is 13.4. The maximum absolute atomic E-state index is 11.6. The first-order chi connectivity index (χ1) is 8.72. The lowest BCUT2D eigenvalue weighted by atomic mass is 10.1. The minimum absolute atomic E-state index is 0.390. The first-order valence-corrected chi connectivity index (χ1v) is 6.82. The first kappa shape index (κ1) is 14.7. The van der Waals surface area contributed by atoms with E-state index in [4.69, 9.17) is 4.74 Å². The third kappa shape index (κ3) is 4.14. The summed E-state index contributed by atoms with van der Waals surface area (Å²) in [5.41, 5.74) is 1.55. The van der Waals surface area contributed by atoms with Crippen LogP contribution in [0.3, 0.4) is 0 Å². The number of anilines is 1. The molecule has 0 aliphatic carbocycles. The average molecular weight is 314 g/mol. The molecule has 0 bridgehead atoms. The topological polar surface area (TPSA) is 55.4 Å². The van der Waals surface area contributed by atoms with Crippen molar-refractivity contribution < 1.29 is 14.3 Å². The number of hydrogen-bond donors (Lipinski definition) is 1. The molecule has 1 aromatic carbocycles. The van der Waals surface area contributed by atoms with Gasteiger partial charge in [0.2, 0.25) is 0 Å². The van der Waals surface area contributed by atoms with Gasteiger partial charge in [0.15, 0.2) is 0 Å². The highest BCUT2D eigenvalue weighted by Gasteiger charge is 2.12. The molecule has 0 atom stereocenters. The second kappa shape index (κ2) is 7.87. The molecule has 0 unspecified atom stereocenters. The first-order valence-electron chi connectivity index (χ1n) is 5.70. The summed E-state index contributed by atoms with van der Waals surface area (Å²) in [7, 11) is 1.32. The molecule has 1 rings (SSSR count). The number of esters is 1. The molecule has 98 valence electrons. The quantitative estimate of drug-likeness (QED) is 0.364. The third-order valence-electron chi connectivity index (χ3n) is 2.46. The van der Waals surface area contributed by atoms with Crippen molar-refractivity contribution >= 4 is 33.9 Å². The van der Waals surface area contributed by atoms with E-state index in [-0.39, 0.29) is 0 Å². The Balaban J connectivity index is 2.81. The van der Waals surface area contributed by atoms with Crippen molar-refractivity contribution in [3.63, 3.8) is 0 Å². The molecule has 0 saturated heterocycles. The number of nitrogens with one attached hydrogen (secondary N) is 1. The van der Waals surface area contributed by atoms with Crippen LogP contribution in [0.5, 0.6) is 0 Å². The zero-order valence-electron chi connectivity index (χ0n) is 10.2. The standard InChI is InChI=1S/C13H16BrNO3/c1-18-13(17)11-8-10(9-16)4-5-12(11)15-7-3-2-6-14/h4-5,8-9,15H,2-3,6-7H2,1H3. The second-order valence-electron chi connectivity index (χ2n) is 3.74. The molecule has 0 aliphatic rings. The SMILES string of the molecule is COC(=O)c1cc(C=O)ccc1NCCCCBr. The van der Waals surface area contributed by atoms with Crippen molar-refractivity contribution in [2.45, 2.75) is 12.8 Å². The molecular formula is C13H16BrNO3. The van der Waals surface area contributed by atoms with Gasteiger partial charge in [0, 0.05) is 23.1 Å². The maximum atomic E-state index is 11.6. The van der Waals surface area contributed by atoms with E-state index in [2.05, 4.69) is 21.2 Å². The van der Waals surface area contributed by atoms with Gasteiger partial charge in [-0.05, 0) is 31.0 Å². The van der Waals surface area contributed by atoms with Gasteiger partial charge in [0.1, 0.15) is 6.29 Å². The Hall–Kier alpha value is -1.36. The molecule has 0 amide bonds. The number of unbranched alkanes of at least 4 members (excludes halogenated alkanes) is 1. The number of halogens is 1. The van der Waals surface area contributed by atoms with E-state index < -0.39 is 5.97 Å². The van der Waals surface area contributed by atoms with Crippen molar-refractivity contribution in [3.8, 4) is 0 Å². The van der Waals surface area contributed by atoms with Crippen molar-refractivity contribution in [2.75, 3.05) is 24.3 Å². The Morgan fingerprint density at radius 3 is 2.83 bits per heavy atom. The molecule has 1 N–H and O–H groups in total. The molecule has 0 heterocycles. The summed E-state index contributed by atoms with van der Waals surface area (Å²) in [6.45, 7) is 0.774. The van der Waals surface area contributed by atoms with E-state index in [1.54, 1.807) is 12.1 Å². The number of ether oxygens (including phenoxy) is 1. The lowest BCUT2D eigenvalue weighted by molar-refractivity contribution is 0.0602. The van der Waals surface area contributed by atoms with Gasteiger partial charge in [-0.25, -0.2) is 4.79 Å². The smallest absolute Gasteiger partial charge is 0.339 e. The van der Waals surface area contributed by atoms with Crippen LogP contribution in [-0.4, -0.2) is 31.2 Å². The Morgan fingerprint density at radius 1 is 1.44 bits per heavy atom. The van der Waals surface area contributed by atoms with Gasteiger partial charge in [0.05, 0.1) is 12.7 Å². The van der Waals surface area contributed by atoms with Crippen molar-refractivity contribution in [2.24, 2.45) is 0 Å². The van der Waals surface area contributed by atoms with E-state index in [9.17, 15) is 9.59 Å². The minimum atomic E-state index is -0.443. The lowest BCUT2D eigenvalue weighted by Crippen LogP contribution is -2.10. The Morgan fingerprint density at radius 2 is 2.22 bits per heavy atom. The number of carbonyl (C=O) groups is 2. The normalized spacial score (nSPS) is 9.89. The Labute approximate surface area is 115 Å². The monoisotopic (exact) mass is 313 g/mol. The molecule has 4 nitrogen and oxygen atoms in total. The molecule has 0 radical (unpaired) electrons. The van der Waals surface area contributed by atoms with E-state index in [0.717, 1.165) is 24.7 Å². The summed E-state index contributed by atoms with van der Waals surface area (Å²) in [5, 5.41) is 4.14. The van der Waals surface area contributed by atoms with Crippen LogP contribution < -0.4 is 5.32 Å². The van der Waals surface area contributed by atoms with Crippen LogP contribution >= 0.6 is 15.9 Å². The number of alkyl halides is 1. The molecule has 5 heteroatoms. The third-order valence-corrected chi connectivity index (χ3v) is 3.02. The summed E-state index contributed by atoms with van der Waals surface area (Å²) >= 11 is 3.36. The fourth-order valence-electron chi connectivity index (χ4n) is 1.51. The van der Waals surface area contributed by atoms with E-state index in [1.165, 1.54) is 13.2 Å². The largest absolute Gasteiger partial charge is 0.465 e. The van der Waals surface area contributed by atoms with Crippen molar-refractivity contribution in [3.05, 3.63) is 29.3 Å². The number of hydrogen-bond acceptors (Lipinski definition) is 4. The van der Waals surface area contributed by atoms with E-state index in [1.807, 2.05) is 0 Å². The molecule has 0 fully saturated rings. The van der Waals surface area contributed by atoms with Crippen molar-refractivity contribution in [1.82, 2.24) is 0 Å². The molecule has 0 saturated carbocycles. The second-order valence-corrected chi connectivity index (χ2v) is 4.53. The number of aldehydes is 1. The predicted octanol–water partition coefficient (Wildman–Crippen LogP) is 2.87. The van der Waals surface area contributed by atoms with E-state index in [0.29, 0.717) is 23.1 Å². The van der Waals surface area contributed by atoms with Crippen LogP contribution in [0, 0.1) is 0 Å². The van der Waals surface area contributed by atoms with Gasteiger partial charge < -0.3 is 10.1 Å². The van der Waals surface area contributed by atoms with Crippen LogP contribution in [0.15, 0.2) is 18.2 Å². The van der Waals surface area contributed by atoms with Gasteiger partial charge in [-0.2, -0.15) is 0 Å². The lowest BCUT2D eigenvalue weighted by Gasteiger charge is -2.11. The predicted molar refractivity (Wildman–Crippen MR) is 74.7 cm³/mol. The van der Waals surface area contributed by atoms with Gasteiger partial charge >= 0.3 is 5.97 Å². The van der Waals surface area contributed by atoms with Gasteiger partial charge in [-0.3, -0.25) is 4.79 Å². The van der Waals surface area contributed by atoms with E-state index >= 15 is 0 Å². The molecule has 0 aliphatic heterocycles. The van der Waals surface area contributed by atoms with Crippen LogP contribution in [0.4, 0.5) is 5.69 Å². The van der Waals surface area contributed by atoms with Crippen LogP contribution in [0.25, 0.3) is 0 Å². The summed E-state index contributed by atoms with van der Waals surface area (Å²) in [4.78, 5) is 22.3. The van der Waals surface area contributed by atoms with Gasteiger partial charge in [-0.1, -0.05) is 15.9 Å². The van der Waals surface area contributed by atoms with Crippen LogP contribution in [-0.2, 0) is 4.74 Å². The Kier molecular flexibility index (Phi) is 6.43. The fourth-order valence-corrected chi connectivity index (χ4v) is 1.91. The van der Waals surface area contributed by atoms with Crippen LogP contribution in [0.2, 0.25) is 0 Å². The molecule has 0 aromatic heterocycles. The summed E-state index contributed by atoms with van der Waals surface area (Å²) in [6.07, 6.45) is 2.77. The van der Waals surface area contributed by atoms with Crippen molar-refractivity contribution in [1.29, 1.82) is 0 Å². The zero-order valence-corrected chi connectivity index (χ0v) is 11.8. The van der Waals surface area contributed by atoms with Gasteiger partial charge in [0.25, 0.3) is 0 Å². The summed E-state index contributed by atoms with van der Waals surface area (Å²) in [6, 6.07) is 4.93. The average Bonchev–Trinajstić information content (AvgIpc) is 2.42. The van der Waals surface area contributed by atoms with Crippen LogP contribution in [0.1, 0.15) is 33.6 Å². The molecular weight excluding hydrogens is 298 g/mol.